The minimum Gasteiger partial charge on any atom is -0.324 e. The zero-order chi connectivity index (χ0) is 15.6. The monoisotopic (exact) mass is 324 g/mol. The molecule has 1 heterocycles. The van der Waals surface area contributed by atoms with Gasteiger partial charge >= 0.3 is 0 Å². The topological polar surface area (TPSA) is 63.4 Å². The van der Waals surface area contributed by atoms with Crippen molar-refractivity contribution in [3.05, 3.63) is 52.2 Å². The first-order chi connectivity index (χ1) is 9.84. The maximum Gasteiger partial charge on any atom is 0.243 e. The number of hydrogen-bond donors (Lipinski definition) is 1. The summed E-state index contributed by atoms with van der Waals surface area (Å²) in [5.74, 6) is 0. The third-order valence-corrected chi connectivity index (χ3v) is 6.53. The number of hydrogen-bond acceptors (Lipinski definition) is 4. The molecule has 6 heteroatoms. The third-order valence-electron chi connectivity index (χ3n) is 3.56. The van der Waals surface area contributed by atoms with Crippen LogP contribution in [0.25, 0.3) is 0 Å². The van der Waals surface area contributed by atoms with Crippen molar-refractivity contribution in [3.8, 4) is 0 Å². The summed E-state index contributed by atoms with van der Waals surface area (Å²) in [6.45, 7) is 3.72. The summed E-state index contributed by atoms with van der Waals surface area (Å²) in [7, 11) is -1.93. The van der Waals surface area contributed by atoms with Crippen molar-refractivity contribution in [1.82, 2.24) is 4.31 Å². The zero-order valence-corrected chi connectivity index (χ0v) is 14.0. The van der Waals surface area contributed by atoms with Gasteiger partial charge in [0.15, 0.2) is 0 Å². The van der Waals surface area contributed by atoms with Gasteiger partial charge in [0.05, 0.1) is 10.9 Å². The summed E-state index contributed by atoms with van der Waals surface area (Å²) >= 11 is 1.55. The van der Waals surface area contributed by atoms with Gasteiger partial charge in [-0.25, -0.2) is 8.42 Å². The van der Waals surface area contributed by atoms with Crippen LogP contribution in [0.4, 0.5) is 0 Å². The average Bonchev–Trinajstić information content (AvgIpc) is 3.00. The van der Waals surface area contributed by atoms with E-state index in [4.69, 9.17) is 5.73 Å². The molecular formula is C15H20N2O2S2. The molecule has 114 valence electrons. The first-order valence-electron chi connectivity index (χ1n) is 6.71. The standard InChI is InChI=1S/C15H20N2O2S2/c1-11(16)13-6-4-7-14(10-13)21(18,19)17(3)12(2)15-8-5-9-20-15/h4-12H,16H2,1-3H3. The Kier molecular flexibility index (Phi) is 4.83. The highest BCUT2D eigenvalue weighted by Gasteiger charge is 2.27. The fourth-order valence-electron chi connectivity index (χ4n) is 2.04. The molecule has 2 N–H and O–H groups in total. The van der Waals surface area contributed by atoms with E-state index in [1.54, 1.807) is 36.6 Å². The number of nitrogens with zero attached hydrogens (tertiary/aromatic N) is 1. The van der Waals surface area contributed by atoms with E-state index in [9.17, 15) is 8.42 Å². The Hall–Kier alpha value is -1.21. The van der Waals surface area contributed by atoms with Crippen LogP contribution in [0.5, 0.6) is 0 Å². The Morgan fingerprint density at radius 2 is 1.90 bits per heavy atom. The van der Waals surface area contributed by atoms with Crippen molar-refractivity contribution in [1.29, 1.82) is 0 Å². The quantitative estimate of drug-likeness (QED) is 0.919. The molecular weight excluding hydrogens is 304 g/mol. The fraction of sp³-hybridized carbons (Fsp3) is 0.333. The SMILES string of the molecule is CC(N)c1cccc(S(=O)(=O)N(C)C(C)c2cccs2)c1. The van der Waals surface area contributed by atoms with Crippen LogP contribution in [0.15, 0.2) is 46.7 Å². The molecule has 0 aliphatic heterocycles. The second kappa shape index (κ2) is 6.27. The zero-order valence-electron chi connectivity index (χ0n) is 12.4. The van der Waals surface area contributed by atoms with Gasteiger partial charge in [0.25, 0.3) is 0 Å². The highest BCUT2D eigenvalue weighted by atomic mass is 32.2. The highest BCUT2D eigenvalue weighted by Crippen LogP contribution is 2.29. The van der Waals surface area contributed by atoms with Gasteiger partial charge in [-0.3, -0.25) is 0 Å². The second-order valence-electron chi connectivity index (χ2n) is 5.07. The molecule has 4 nitrogen and oxygen atoms in total. The van der Waals surface area contributed by atoms with Crippen molar-refractivity contribution in [3.63, 3.8) is 0 Å². The molecule has 1 aromatic heterocycles. The van der Waals surface area contributed by atoms with E-state index in [1.807, 2.05) is 37.4 Å². The molecule has 0 bridgehead atoms. The van der Waals surface area contributed by atoms with E-state index in [2.05, 4.69) is 0 Å². The second-order valence-corrected chi connectivity index (χ2v) is 8.05. The molecule has 0 aliphatic carbocycles. The number of rotatable bonds is 5. The minimum atomic E-state index is -3.54. The predicted octanol–water partition coefficient (Wildman–Crippen LogP) is 3.15. The van der Waals surface area contributed by atoms with Crippen molar-refractivity contribution in [2.45, 2.75) is 30.8 Å². The van der Waals surface area contributed by atoms with Gasteiger partial charge in [0, 0.05) is 18.0 Å². The smallest absolute Gasteiger partial charge is 0.243 e. The van der Waals surface area contributed by atoms with Crippen molar-refractivity contribution in [2.24, 2.45) is 5.73 Å². The molecule has 0 saturated carbocycles. The lowest BCUT2D eigenvalue weighted by Crippen LogP contribution is -2.29. The van der Waals surface area contributed by atoms with Crippen molar-refractivity contribution < 1.29 is 8.42 Å². The summed E-state index contributed by atoms with van der Waals surface area (Å²) in [4.78, 5) is 1.30. The van der Waals surface area contributed by atoms with Gasteiger partial charge in [-0.2, -0.15) is 4.31 Å². The minimum absolute atomic E-state index is 0.194. The fourth-order valence-corrected chi connectivity index (χ4v) is 4.33. The van der Waals surface area contributed by atoms with E-state index in [-0.39, 0.29) is 17.0 Å². The molecule has 0 amide bonds. The maximum atomic E-state index is 12.7. The van der Waals surface area contributed by atoms with Gasteiger partial charge in [-0.1, -0.05) is 18.2 Å². The molecule has 21 heavy (non-hydrogen) atoms. The number of nitrogens with two attached hydrogens (primary N) is 1. The molecule has 0 saturated heterocycles. The molecule has 2 unspecified atom stereocenters. The van der Waals surface area contributed by atoms with E-state index in [0.29, 0.717) is 0 Å². The van der Waals surface area contributed by atoms with Gasteiger partial charge in [-0.15, -0.1) is 11.3 Å². The Morgan fingerprint density at radius 1 is 1.19 bits per heavy atom. The molecule has 0 aliphatic rings. The molecule has 0 spiro atoms. The van der Waals surface area contributed by atoms with Crippen LogP contribution in [0, 0.1) is 0 Å². The lowest BCUT2D eigenvalue weighted by atomic mass is 10.1. The summed E-state index contributed by atoms with van der Waals surface area (Å²) < 4.78 is 26.9. The molecule has 0 fully saturated rings. The Labute approximate surface area is 130 Å². The van der Waals surface area contributed by atoms with Crippen LogP contribution in [-0.2, 0) is 10.0 Å². The van der Waals surface area contributed by atoms with Crippen LogP contribution in [-0.4, -0.2) is 19.8 Å². The summed E-state index contributed by atoms with van der Waals surface area (Å²) in [5.41, 5.74) is 6.65. The average molecular weight is 324 g/mol. The lowest BCUT2D eigenvalue weighted by molar-refractivity contribution is 0.403. The molecule has 2 rings (SSSR count). The molecule has 0 radical (unpaired) electrons. The van der Waals surface area contributed by atoms with Gasteiger partial charge < -0.3 is 5.73 Å². The predicted molar refractivity (Wildman–Crippen MR) is 86.7 cm³/mol. The van der Waals surface area contributed by atoms with Crippen LogP contribution < -0.4 is 5.73 Å². The highest BCUT2D eigenvalue weighted by molar-refractivity contribution is 7.89. The first kappa shape index (κ1) is 16.2. The Balaban J connectivity index is 2.35. The largest absolute Gasteiger partial charge is 0.324 e. The van der Waals surface area contributed by atoms with Crippen LogP contribution >= 0.6 is 11.3 Å². The van der Waals surface area contributed by atoms with Gasteiger partial charge in [0.2, 0.25) is 10.0 Å². The summed E-state index contributed by atoms with van der Waals surface area (Å²) in [6.07, 6.45) is 0. The van der Waals surface area contributed by atoms with E-state index in [1.165, 1.54) is 4.31 Å². The lowest BCUT2D eigenvalue weighted by Gasteiger charge is -2.24. The Bertz CT molecular complexity index is 694. The van der Waals surface area contributed by atoms with E-state index in [0.717, 1.165) is 10.4 Å². The van der Waals surface area contributed by atoms with Crippen LogP contribution in [0.3, 0.4) is 0 Å². The van der Waals surface area contributed by atoms with E-state index >= 15 is 0 Å². The van der Waals surface area contributed by atoms with Gasteiger partial charge in [-0.05, 0) is 43.0 Å². The number of thiophene rings is 1. The molecule has 2 aromatic rings. The van der Waals surface area contributed by atoms with E-state index < -0.39 is 10.0 Å². The number of benzene rings is 1. The van der Waals surface area contributed by atoms with Crippen LogP contribution in [0.2, 0.25) is 0 Å². The summed E-state index contributed by atoms with van der Waals surface area (Å²) in [5, 5.41) is 1.95. The Morgan fingerprint density at radius 3 is 2.48 bits per heavy atom. The molecule has 2 atom stereocenters. The normalized spacial score (nSPS) is 15.1. The first-order valence-corrected chi connectivity index (χ1v) is 9.03. The van der Waals surface area contributed by atoms with Crippen LogP contribution in [0.1, 0.15) is 36.4 Å². The maximum absolute atomic E-state index is 12.7. The summed E-state index contributed by atoms with van der Waals surface area (Å²) in [6, 6.07) is 10.3. The number of sulfonamides is 1. The van der Waals surface area contributed by atoms with Crippen molar-refractivity contribution >= 4 is 21.4 Å². The van der Waals surface area contributed by atoms with Crippen molar-refractivity contribution in [2.75, 3.05) is 7.05 Å². The van der Waals surface area contributed by atoms with Gasteiger partial charge in [0.1, 0.15) is 0 Å². The third kappa shape index (κ3) is 3.35. The molecule has 1 aromatic carbocycles.